The van der Waals surface area contributed by atoms with E-state index >= 15 is 0 Å². The Morgan fingerprint density at radius 3 is 2.81 bits per heavy atom. The van der Waals surface area contributed by atoms with Gasteiger partial charge in [-0.1, -0.05) is 64.2 Å². The van der Waals surface area contributed by atoms with Crippen molar-refractivity contribution in [1.82, 2.24) is 5.32 Å². The monoisotopic (exact) mass is 289 g/mol. The average molecular weight is 289 g/mol. The van der Waals surface area contributed by atoms with Crippen LogP contribution < -0.4 is 10.1 Å². The quantitative estimate of drug-likeness (QED) is 0.644. The molecule has 1 atom stereocenters. The number of rotatable bonds is 9. The second kappa shape index (κ2) is 9.09. The van der Waals surface area contributed by atoms with Gasteiger partial charge in [-0.2, -0.15) is 0 Å². The zero-order valence-corrected chi connectivity index (χ0v) is 13.8. The maximum absolute atomic E-state index is 5.99. The molecule has 118 valence electrons. The molecule has 0 bridgehead atoms. The molecule has 1 N–H and O–H groups in total. The van der Waals surface area contributed by atoms with Crippen molar-refractivity contribution in [3.8, 4) is 5.75 Å². The lowest BCUT2D eigenvalue weighted by atomic mass is 9.94. The van der Waals surface area contributed by atoms with Crippen LogP contribution in [-0.4, -0.2) is 13.2 Å². The van der Waals surface area contributed by atoms with E-state index in [1.165, 1.54) is 61.8 Å². The number of fused-ring (bicyclic) bond motifs is 1. The van der Waals surface area contributed by atoms with Crippen LogP contribution in [0.3, 0.4) is 0 Å². The Labute approximate surface area is 130 Å². The molecule has 2 rings (SSSR count). The fourth-order valence-electron chi connectivity index (χ4n) is 3.25. The van der Waals surface area contributed by atoms with Crippen LogP contribution in [0.25, 0.3) is 0 Å². The zero-order valence-electron chi connectivity index (χ0n) is 13.8. The lowest BCUT2D eigenvalue weighted by molar-refractivity contribution is 0.280. The number of ether oxygens (including phenoxy) is 1. The minimum Gasteiger partial charge on any atom is -0.493 e. The van der Waals surface area contributed by atoms with Gasteiger partial charge >= 0.3 is 0 Å². The fraction of sp³-hybridized carbons (Fsp3) is 0.684. The number of benzene rings is 1. The van der Waals surface area contributed by atoms with Gasteiger partial charge in [-0.05, 0) is 31.4 Å². The smallest absolute Gasteiger partial charge is 0.127 e. The summed E-state index contributed by atoms with van der Waals surface area (Å²) in [6.07, 6.45) is 10.3. The van der Waals surface area contributed by atoms with Gasteiger partial charge < -0.3 is 10.1 Å². The van der Waals surface area contributed by atoms with Gasteiger partial charge in [-0.3, -0.25) is 0 Å². The van der Waals surface area contributed by atoms with Crippen LogP contribution in [0.1, 0.15) is 76.0 Å². The minimum absolute atomic E-state index is 0.449. The van der Waals surface area contributed by atoms with Crippen LogP contribution in [0.15, 0.2) is 18.2 Å². The zero-order chi connectivity index (χ0) is 14.9. The maximum Gasteiger partial charge on any atom is 0.127 e. The van der Waals surface area contributed by atoms with Crippen molar-refractivity contribution in [1.29, 1.82) is 0 Å². The molecule has 0 aliphatic carbocycles. The van der Waals surface area contributed by atoms with Gasteiger partial charge in [0.15, 0.2) is 0 Å². The molecule has 1 aliphatic rings. The molecule has 0 saturated heterocycles. The second-order valence-corrected chi connectivity index (χ2v) is 6.10. The Kier molecular flexibility index (Phi) is 7.08. The Morgan fingerprint density at radius 2 is 2.00 bits per heavy atom. The van der Waals surface area contributed by atoms with Gasteiger partial charge in [0.25, 0.3) is 0 Å². The Hall–Kier alpha value is -1.02. The second-order valence-electron chi connectivity index (χ2n) is 6.10. The van der Waals surface area contributed by atoms with Crippen molar-refractivity contribution in [3.05, 3.63) is 29.3 Å². The molecule has 0 spiro atoms. The van der Waals surface area contributed by atoms with Gasteiger partial charge in [-0.25, -0.2) is 0 Å². The van der Waals surface area contributed by atoms with Gasteiger partial charge in [0.1, 0.15) is 5.75 Å². The Bertz CT molecular complexity index is 416. The van der Waals surface area contributed by atoms with E-state index in [-0.39, 0.29) is 0 Å². The third-order valence-electron chi connectivity index (χ3n) is 4.39. The molecule has 1 aromatic rings. The van der Waals surface area contributed by atoms with Crippen LogP contribution in [0.2, 0.25) is 0 Å². The van der Waals surface area contributed by atoms with Crippen LogP contribution in [0, 0.1) is 0 Å². The van der Waals surface area contributed by atoms with Crippen molar-refractivity contribution in [3.63, 3.8) is 0 Å². The molecule has 0 saturated carbocycles. The van der Waals surface area contributed by atoms with E-state index in [4.69, 9.17) is 4.74 Å². The molecule has 0 aromatic heterocycles. The third-order valence-corrected chi connectivity index (χ3v) is 4.39. The van der Waals surface area contributed by atoms with Crippen LogP contribution >= 0.6 is 0 Å². The molecule has 1 aromatic carbocycles. The van der Waals surface area contributed by atoms with Crippen molar-refractivity contribution in [2.24, 2.45) is 0 Å². The first-order valence-corrected chi connectivity index (χ1v) is 8.84. The topological polar surface area (TPSA) is 21.3 Å². The summed E-state index contributed by atoms with van der Waals surface area (Å²) in [5.41, 5.74) is 2.78. The molecular formula is C19H31NO. The summed E-state index contributed by atoms with van der Waals surface area (Å²) in [7, 11) is 0. The summed E-state index contributed by atoms with van der Waals surface area (Å²) in [5, 5.41) is 3.66. The largest absolute Gasteiger partial charge is 0.493 e. The third kappa shape index (κ3) is 4.74. The summed E-state index contributed by atoms with van der Waals surface area (Å²) >= 11 is 0. The van der Waals surface area contributed by atoms with Crippen molar-refractivity contribution in [2.75, 3.05) is 13.2 Å². The standard InChI is InChI=1S/C19H31NO/c1-3-5-6-7-8-14-18(20-4-2)17-13-9-11-16-12-10-15-21-19(16)17/h9,11,13,18,20H,3-8,10,12,14-15H2,1-2H3. The summed E-state index contributed by atoms with van der Waals surface area (Å²) in [4.78, 5) is 0. The predicted octanol–water partition coefficient (Wildman–Crippen LogP) is 5.02. The molecule has 0 radical (unpaired) electrons. The number of para-hydroxylation sites is 1. The lowest BCUT2D eigenvalue weighted by Crippen LogP contribution is -2.23. The number of aryl methyl sites for hydroxylation is 1. The van der Waals surface area contributed by atoms with Gasteiger partial charge in [-0.15, -0.1) is 0 Å². The highest BCUT2D eigenvalue weighted by Crippen LogP contribution is 2.34. The van der Waals surface area contributed by atoms with E-state index in [0.29, 0.717) is 6.04 Å². The summed E-state index contributed by atoms with van der Waals surface area (Å²) in [5.74, 6) is 1.17. The van der Waals surface area contributed by atoms with Gasteiger partial charge in [0.05, 0.1) is 6.61 Å². The molecule has 1 aliphatic heterocycles. The van der Waals surface area contributed by atoms with Crippen LogP contribution in [0.5, 0.6) is 5.75 Å². The maximum atomic E-state index is 5.99. The molecule has 1 heterocycles. The molecule has 21 heavy (non-hydrogen) atoms. The van der Waals surface area contributed by atoms with Gasteiger partial charge in [0.2, 0.25) is 0 Å². The van der Waals surface area contributed by atoms with Crippen molar-refractivity contribution in [2.45, 2.75) is 71.3 Å². The van der Waals surface area contributed by atoms with E-state index < -0.39 is 0 Å². The molecule has 0 amide bonds. The van der Waals surface area contributed by atoms with E-state index in [1.54, 1.807) is 0 Å². The van der Waals surface area contributed by atoms with E-state index in [2.05, 4.69) is 37.4 Å². The molecule has 2 heteroatoms. The highest BCUT2D eigenvalue weighted by atomic mass is 16.5. The molecule has 2 nitrogen and oxygen atoms in total. The number of hydrogen-bond donors (Lipinski definition) is 1. The first kappa shape index (κ1) is 16.4. The highest BCUT2D eigenvalue weighted by Gasteiger charge is 2.20. The number of nitrogens with one attached hydrogen (secondary N) is 1. The number of unbranched alkanes of at least 4 members (excludes halogenated alkanes) is 4. The summed E-state index contributed by atoms with van der Waals surface area (Å²) in [6.45, 7) is 6.36. The first-order valence-electron chi connectivity index (χ1n) is 8.84. The van der Waals surface area contributed by atoms with Crippen molar-refractivity contribution < 1.29 is 4.74 Å². The lowest BCUT2D eigenvalue weighted by Gasteiger charge is -2.26. The van der Waals surface area contributed by atoms with E-state index in [9.17, 15) is 0 Å². The minimum atomic E-state index is 0.449. The highest BCUT2D eigenvalue weighted by molar-refractivity contribution is 5.44. The Morgan fingerprint density at radius 1 is 1.14 bits per heavy atom. The first-order chi connectivity index (χ1) is 10.4. The predicted molar refractivity (Wildman–Crippen MR) is 90.1 cm³/mol. The molecular weight excluding hydrogens is 258 g/mol. The van der Waals surface area contributed by atoms with Crippen LogP contribution in [0.4, 0.5) is 0 Å². The normalized spacial score (nSPS) is 15.3. The van der Waals surface area contributed by atoms with Gasteiger partial charge in [0, 0.05) is 11.6 Å². The SMILES string of the molecule is CCCCCCCC(NCC)c1cccc2c1OCCC2. The van der Waals surface area contributed by atoms with Crippen LogP contribution in [-0.2, 0) is 6.42 Å². The molecule has 1 unspecified atom stereocenters. The van der Waals surface area contributed by atoms with E-state index in [1.807, 2.05) is 0 Å². The van der Waals surface area contributed by atoms with E-state index in [0.717, 1.165) is 19.6 Å². The number of hydrogen-bond acceptors (Lipinski definition) is 2. The average Bonchev–Trinajstić information content (AvgIpc) is 2.53. The van der Waals surface area contributed by atoms with Crippen molar-refractivity contribution >= 4 is 0 Å². The fourth-order valence-corrected chi connectivity index (χ4v) is 3.25. The summed E-state index contributed by atoms with van der Waals surface area (Å²) < 4.78 is 5.99. The summed E-state index contributed by atoms with van der Waals surface area (Å²) in [6, 6.07) is 7.13. The Balaban J connectivity index is 2.00. The molecule has 0 fully saturated rings.